The highest BCUT2D eigenvalue weighted by molar-refractivity contribution is 5.92. The van der Waals surface area contributed by atoms with Gasteiger partial charge in [-0.1, -0.05) is 57.9 Å². The Hall–Kier alpha value is -2.57. The first-order chi connectivity index (χ1) is 16.7. The molecule has 3 amide bonds. The van der Waals surface area contributed by atoms with E-state index in [1.54, 1.807) is 25.7 Å². The minimum Gasteiger partial charge on any atom is -0.444 e. The highest BCUT2D eigenvalue weighted by Crippen LogP contribution is 2.41. The third kappa shape index (κ3) is 8.52. The molecule has 2 N–H and O–H groups in total. The highest BCUT2D eigenvalue weighted by Gasteiger charge is 2.48. The number of carbonyl (C=O) groups excluding carboxylic acids is 3. The van der Waals surface area contributed by atoms with Crippen molar-refractivity contribution in [2.75, 3.05) is 6.54 Å². The maximum Gasteiger partial charge on any atom is 0.408 e. The second-order valence-electron chi connectivity index (χ2n) is 11.8. The Labute approximate surface area is 217 Å². The summed E-state index contributed by atoms with van der Waals surface area (Å²) in [5.41, 5.74) is 2.21. The molecule has 1 aliphatic rings. The van der Waals surface area contributed by atoms with Crippen molar-refractivity contribution in [2.24, 2.45) is 11.8 Å². The number of amides is 3. The van der Waals surface area contributed by atoms with Gasteiger partial charge in [0.05, 0.1) is 0 Å². The Kier molecular flexibility index (Phi) is 10.4. The van der Waals surface area contributed by atoms with Crippen LogP contribution in [0.15, 0.2) is 18.2 Å². The topological polar surface area (TPSA) is 87.7 Å². The molecule has 0 aliphatic heterocycles. The van der Waals surface area contributed by atoms with Crippen LogP contribution in [-0.4, -0.2) is 47.0 Å². The molecule has 0 aromatic heterocycles. The number of nitrogens with zero attached hydrogens (tertiary/aromatic N) is 1. The summed E-state index contributed by atoms with van der Waals surface area (Å²) in [4.78, 5) is 42.3. The second kappa shape index (κ2) is 12.6. The van der Waals surface area contributed by atoms with E-state index in [-0.39, 0.29) is 29.7 Å². The van der Waals surface area contributed by atoms with E-state index >= 15 is 0 Å². The van der Waals surface area contributed by atoms with Crippen molar-refractivity contribution in [3.05, 3.63) is 34.9 Å². The van der Waals surface area contributed by atoms with Gasteiger partial charge in [-0.15, -0.1) is 0 Å². The summed E-state index contributed by atoms with van der Waals surface area (Å²) in [6.45, 7) is 18.1. The molecule has 1 aromatic rings. The minimum absolute atomic E-state index is 0.0600. The number of carbonyl (C=O) groups is 3. The predicted molar refractivity (Wildman–Crippen MR) is 144 cm³/mol. The van der Waals surface area contributed by atoms with Gasteiger partial charge in [-0.3, -0.25) is 9.59 Å². The van der Waals surface area contributed by atoms with Crippen LogP contribution in [-0.2, 0) is 14.3 Å². The third-order valence-corrected chi connectivity index (χ3v) is 6.45. The number of nitrogens with one attached hydrogen (secondary N) is 2. The summed E-state index contributed by atoms with van der Waals surface area (Å²) in [7, 11) is 0. The number of ether oxygens (including phenoxy) is 1. The van der Waals surface area contributed by atoms with Gasteiger partial charge < -0.3 is 20.3 Å². The van der Waals surface area contributed by atoms with Gasteiger partial charge in [-0.25, -0.2) is 4.79 Å². The van der Waals surface area contributed by atoms with Crippen LogP contribution < -0.4 is 10.6 Å². The summed E-state index contributed by atoms with van der Waals surface area (Å²) in [6, 6.07) is 4.38. The van der Waals surface area contributed by atoms with Crippen molar-refractivity contribution in [2.45, 2.75) is 112 Å². The summed E-state index contributed by atoms with van der Waals surface area (Å²) < 4.78 is 5.47. The van der Waals surface area contributed by atoms with Gasteiger partial charge in [0, 0.05) is 12.6 Å². The SMILES string of the molecule is CCCCNC(=O)C(c1ccc(C)cc1C)N(C(=O)C(CC(C)C)NC(=O)OC(C)(C)C)C1CC1C. The van der Waals surface area contributed by atoms with Crippen LogP contribution in [0, 0.1) is 25.7 Å². The van der Waals surface area contributed by atoms with E-state index in [1.165, 1.54) is 0 Å². The van der Waals surface area contributed by atoms with Crippen molar-refractivity contribution in [1.29, 1.82) is 0 Å². The fraction of sp³-hybridized carbons (Fsp3) is 0.690. The molecule has 1 aliphatic carbocycles. The van der Waals surface area contributed by atoms with Crippen LogP contribution in [0.1, 0.15) is 96.9 Å². The molecule has 1 saturated carbocycles. The van der Waals surface area contributed by atoms with Crippen LogP contribution in [0.3, 0.4) is 0 Å². The fourth-order valence-corrected chi connectivity index (χ4v) is 4.53. The first kappa shape index (κ1) is 29.7. The maximum absolute atomic E-state index is 14.2. The lowest BCUT2D eigenvalue weighted by atomic mass is 9.95. The molecule has 1 aromatic carbocycles. The quantitative estimate of drug-likeness (QED) is 0.395. The zero-order valence-corrected chi connectivity index (χ0v) is 23.7. The largest absolute Gasteiger partial charge is 0.444 e. The van der Waals surface area contributed by atoms with Crippen LogP contribution in [0.4, 0.5) is 4.79 Å². The zero-order valence-electron chi connectivity index (χ0n) is 23.7. The normalized spacial score (nSPS) is 18.8. The van der Waals surface area contributed by atoms with Gasteiger partial charge in [0.25, 0.3) is 0 Å². The standard InChI is InChI=1S/C29H47N3O4/c1-10-11-14-30-26(33)25(22-13-12-19(4)16-20(22)5)32(24-17-21(24)6)27(34)23(15-18(2)3)31-28(35)36-29(7,8)9/h12-13,16,18,21,23-25H,10-11,14-15,17H2,1-9H3,(H,30,33)(H,31,35). The molecule has 0 spiro atoms. The third-order valence-electron chi connectivity index (χ3n) is 6.45. The Balaban J connectivity index is 2.50. The molecule has 0 bridgehead atoms. The van der Waals surface area contributed by atoms with Crippen molar-refractivity contribution >= 4 is 17.9 Å². The Morgan fingerprint density at radius 1 is 1.17 bits per heavy atom. The molecule has 7 nitrogen and oxygen atoms in total. The van der Waals surface area contributed by atoms with E-state index < -0.39 is 23.8 Å². The number of hydrogen-bond donors (Lipinski definition) is 2. The number of rotatable bonds is 11. The average Bonchev–Trinajstić information content (AvgIpc) is 3.45. The summed E-state index contributed by atoms with van der Waals surface area (Å²) in [5.74, 6) is 0.0279. The number of hydrogen-bond acceptors (Lipinski definition) is 4. The van der Waals surface area contributed by atoms with Crippen LogP contribution >= 0.6 is 0 Å². The first-order valence-corrected chi connectivity index (χ1v) is 13.4. The van der Waals surface area contributed by atoms with Crippen LogP contribution in [0.25, 0.3) is 0 Å². The predicted octanol–water partition coefficient (Wildman–Crippen LogP) is 5.44. The summed E-state index contributed by atoms with van der Waals surface area (Å²) in [5, 5.41) is 5.88. The van der Waals surface area contributed by atoms with E-state index in [2.05, 4.69) is 24.5 Å². The van der Waals surface area contributed by atoms with E-state index in [0.29, 0.717) is 13.0 Å². The smallest absolute Gasteiger partial charge is 0.408 e. The van der Waals surface area contributed by atoms with Gasteiger partial charge in [0.1, 0.15) is 17.7 Å². The van der Waals surface area contributed by atoms with E-state index in [0.717, 1.165) is 36.0 Å². The van der Waals surface area contributed by atoms with Gasteiger partial charge in [-0.2, -0.15) is 0 Å². The molecule has 7 heteroatoms. The van der Waals surface area contributed by atoms with Gasteiger partial charge in [0.15, 0.2) is 0 Å². The van der Waals surface area contributed by atoms with E-state index in [4.69, 9.17) is 4.74 Å². The van der Waals surface area contributed by atoms with E-state index in [1.807, 2.05) is 45.9 Å². The number of aryl methyl sites for hydroxylation is 2. The summed E-state index contributed by atoms with van der Waals surface area (Å²) >= 11 is 0. The fourth-order valence-electron chi connectivity index (χ4n) is 4.53. The zero-order chi connectivity index (χ0) is 27.2. The Bertz CT molecular complexity index is 922. The van der Waals surface area contributed by atoms with E-state index in [9.17, 15) is 14.4 Å². The van der Waals surface area contributed by atoms with Gasteiger partial charge in [0.2, 0.25) is 11.8 Å². The first-order valence-electron chi connectivity index (χ1n) is 13.4. The highest BCUT2D eigenvalue weighted by atomic mass is 16.6. The van der Waals surface area contributed by atoms with Crippen LogP contribution in [0.5, 0.6) is 0 Å². The number of unbranched alkanes of at least 4 members (excludes halogenated alkanes) is 1. The molecular weight excluding hydrogens is 454 g/mol. The second-order valence-corrected chi connectivity index (χ2v) is 11.8. The van der Waals surface area contributed by atoms with Crippen molar-refractivity contribution in [3.8, 4) is 0 Å². The monoisotopic (exact) mass is 501 g/mol. The van der Waals surface area contributed by atoms with Crippen molar-refractivity contribution in [1.82, 2.24) is 15.5 Å². The molecule has 0 heterocycles. The average molecular weight is 502 g/mol. The summed E-state index contributed by atoms with van der Waals surface area (Å²) in [6.07, 6.45) is 2.49. The van der Waals surface area contributed by atoms with Crippen molar-refractivity contribution < 1.29 is 19.1 Å². The maximum atomic E-state index is 14.2. The molecule has 0 saturated heterocycles. The minimum atomic E-state index is -0.788. The molecule has 0 radical (unpaired) electrons. The Morgan fingerprint density at radius 3 is 2.31 bits per heavy atom. The lowest BCUT2D eigenvalue weighted by molar-refractivity contribution is -0.143. The van der Waals surface area contributed by atoms with Gasteiger partial charge in [-0.05, 0) is 76.8 Å². The lowest BCUT2D eigenvalue weighted by Crippen LogP contribution is -2.54. The molecule has 202 valence electrons. The van der Waals surface area contributed by atoms with Crippen molar-refractivity contribution in [3.63, 3.8) is 0 Å². The molecule has 4 unspecified atom stereocenters. The molecular formula is C29H47N3O4. The van der Waals surface area contributed by atoms with Crippen LogP contribution in [0.2, 0.25) is 0 Å². The number of benzene rings is 1. The molecule has 36 heavy (non-hydrogen) atoms. The molecule has 1 fully saturated rings. The molecule has 2 rings (SSSR count). The molecule has 4 atom stereocenters. The number of alkyl carbamates (subject to hydrolysis) is 1. The lowest BCUT2D eigenvalue weighted by Gasteiger charge is -2.36. The van der Waals surface area contributed by atoms with Gasteiger partial charge >= 0.3 is 6.09 Å². The Morgan fingerprint density at radius 2 is 1.81 bits per heavy atom.